The molecule has 0 bridgehead atoms. The van der Waals surface area contributed by atoms with Crippen molar-refractivity contribution in [3.63, 3.8) is 0 Å². The molecular formula is C18H21N5OS2. The van der Waals surface area contributed by atoms with E-state index in [1.54, 1.807) is 11.3 Å². The third kappa shape index (κ3) is 3.76. The fourth-order valence-corrected chi connectivity index (χ4v) is 4.22. The molecule has 6 nitrogen and oxygen atoms in total. The minimum Gasteiger partial charge on any atom is -0.335 e. The summed E-state index contributed by atoms with van der Waals surface area (Å²) in [4.78, 5) is 13.6. The molecule has 1 amide bonds. The van der Waals surface area contributed by atoms with Crippen LogP contribution in [0.1, 0.15) is 23.6 Å². The van der Waals surface area contributed by atoms with Crippen molar-refractivity contribution in [3.05, 3.63) is 46.3 Å². The Bertz CT molecular complexity index is 910. The van der Waals surface area contributed by atoms with Gasteiger partial charge in [0.05, 0.1) is 10.1 Å². The van der Waals surface area contributed by atoms with Crippen LogP contribution in [0.4, 0.5) is 5.69 Å². The zero-order valence-corrected chi connectivity index (χ0v) is 16.7. The molecule has 0 fully saturated rings. The predicted octanol–water partition coefficient (Wildman–Crippen LogP) is 3.76. The summed E-state index contributed by atoms with van der Waals surface area (Å²) >= 11 is 2.83. The number of nitrogens with one attached hydrogen (secondary N) is 1. The average Bonchev–Trinajstić information content (AvgIpc) is 3.21. The lowest BCUT2D eigenvalue weighted by molar-refractivity contribution is -0.115. The van der Waals surface area contributed by atoms with Crippen LogP contribution in [-0.4, -0.2) is 26.0 Å². The van der Waals surface area contributed by atoms with Gasteiger partial charge < -0.3 is 11.2 Å². The minimum atomic E-state index is -0.363. The molecule has 0 aliphatic heterocycles. The molecule has 0 saturated carbocycles. The van der Waals surface area contributed by atoms with E-state index < -0.39 is 0 Å². The summed E-state index contributed by atoms with van der Waals surface area (Å²) < 4.78 is 1.43. The zero-order chi connectivity index (χ0) is 18.8. The van der Waals surface area contributed by atoms with E-state index >= 15 is 0 Å². The van der Waals surface area contributed by atoms with Gasteiger partial charge in [-0.2, -0.15) is 0 Å². The molecule has 3 aromatic rings. The van der Waals surface area contributed by atoms with Gasteiger partial charge in [0.1, 0.15) is 0 Å². The van der Waals surface area contributed by atoms with Gasteiger partial charge in [0.2, 0.25) is 11.1 Å². The maximum absolute atomic E-state index is 12.6. The van der Waals surface area contributed by atoms with E-state index in [1.807, 2.05) is 45.2 Å². The van der Waals surface area contributed by atoms with Crippen molar-refractivity contribution in [2.24, 2.45) is 0 Å². The Morgan fingerprint density at radius 1 is 1.27 bits per heavy atom. The van der Waals surface area contributed by atoms with Gasteiger partial charge in [-0.25, -0.2) is 4.68 Å². The highest BCUT2D eigenvalue weighted by Crippen LogP contribution is 2.28. The van der Waals surface area contributed by atoms with E-state index in [0.29, 0.717) is 11.0 Å². The van der Waals surface area contributed by atoms with Crippen molar-refractivity contribution in [2.75, 3.05) is 11.2 Å². The number of anilines is 1. The van der Waals surface area contributed by atoms with Gasteiger partial charge in [0.25, 0.3) is 0 Å². The van der Waals surface area contributed by atoms with Crippen molar-refractivity contribution < 1.29 is 4.79 Å². The average molecular weight is 388 g/mol. The lowest BCUT2D eigenvalue weighted by atomic mass is 10.1. The van der Waals surface area contributed by atoms with E-state index in [-0.39, 0.29) is 11.2 Å². The fourth-order valence-electron chi connectivity index (χ4n) is 2.74. The van der Waals surface area contributed by atoms with E-state index in [1.165, 1.54) is 22.0 Å². The first-order valence-electron chi connectivity index (χ1n) is 8.16. The van der Waals surface area contributed by atoms with Gasteiger partial charge in [-0.3, -0.25) is 4.79 Å². The molecule has 1 atom stereocenters. The first kappa shape index (κ1) is 18.5. The fraction of sp³-hybridized carbons (Fsp3) is 0.278. The van der Waals surface area contributed by atoms with Gasteiger partial charge >= 0.3 is 0 Å². The first-order valence-corrected chi connectivity index (χ1v) is 9.92. The van der Waals surface area contributed by atoms with Gasteiger partial charge in [-0.05, 0) is 50.3 Å². The second-order valence-electron chi connectivity index (χ2n) is 6.18. The van der Waals surface area contributed by atoms with Crippen LogP contribution < -0.4 is 11.2 Å². The van der Waals surface area contributed by atoms with E-state index in [9.17, 15) is 4.79 Å². The van der Waals surface area contributed by atoms with Crippen LogP contribution in [0, 0.1) is 20.8 Å². The standard InChI is InChI=1S/C18H21N5OS2/c1-10-8-11(2)15(12(3)9-10)20-17(24)13(4)26-18-22-21-16(23(18)19)14-6-5-7-25-14/h5-9,13H,19H2,1-4H3,(H,20,24)/t13-/m0/s1. The SMILES string of the molecule is Cc1cc(C)c(NC(=O)[C@H](C)Sc2nnc(-c3cccs3)n2N)c(C)c1. The highest BCUT2D eigenvalue weighted by Gasteiger charge is 2.21. The molecule has 136 valence electrons. The van der Waals surface area contributed by atoms with Crippen LogP contribution >= 0.6 is 23.1 Å². The second kappa shape index (κ2) is 7.51. The Labute approximate surface area is 160 Å². The van der Waals surface area contributed by atoms with Crippen LogP contribution in [0.15, 0.2) is 34.8 Å². The summed E-state index contributed by atoms with van der Waals surface area (Å²) in [5.41, 5.74) is 4.14. The molecule has 3 N–H and O–H groups in total. The number of carbonyl (C=O) groups excluding carboxylic acids is 1. The van der Waals surface area contributed by atoms with Crippen molar-refractivity contribution in [1.82, 2.24) is 14.9 Å². The lowest BCUT2D eigenvalue weighted by Gasteiger charge is -2.15. The molecule has 0 saturated heterocycles. The van der Waals surface area contributed by atoms with E-state index in [4.69, 9.17) is 5.84 Å². The Morgan fingerprint density at radius 3 is 2.58 bits per heavy atom. The number of carbonyl (C=O) groups is 1. The number of amides is 1. The molecule has 0 radical (unpaired) electrons. The monoisotopic (exact) mass is 387 g/mol. The first-order chi connectivity index (χ1) is 12.4. The number of benzene rings is 1. The molecule has 26 heavy (non-hydrogen) atoms. The van der Waals surface area contributed by atoms with Crippen LogP contribution in [0.2, 0.25) is 0 Å². The minimum absolute atomic E-state index is 0.0919. The lowest BCUT2D eigenvalue weighted by Crippen LogP contribution is -2.24. The third-order valence-corrected chi connectivity index (χ3v) is 5.91. The molecule has 0 aliphatic carbocycles. The molecule has 0 aliphatic rings. The molecular weight excluding hydrogens is 366 g/mol. The van der Waals surface area contributed by atoms with Crippen molar-refractivity contribution >= 4 is 34.7 Å². The molecule has 1 aromatic carbocycles. The number of hydrogen-bond donors (Lipinski definition) is 2. The summed E-state index contributed by atoms with van der Waals surface area (Å²) in [6.07, 6.45) is 0. The van der Waals surface area contributed by atoms with E-state index in [2.05, 4.69) is 27.6 Å². The molecule has 0 spiro atoms. The van der Waals surface area contributed by atoms with Gasteiger partial charge in [-0.15, -0.1) is 21.5 Å². The molecule has 2 aromatic heterocycles. The number of nitrogen functional groups attached to an aromatic ring is 1. The van der Waals surface area contributed by atoms with Crippen LogP contribution in [-0.2, 0) is 4.79 Å². The van der Waals surface area contributed by atoms with Gasteiger partial charge in [-0.1, -0.05) is 35.5 Å². The Kier molecular flexibility index (Phi) is 5.33. The number of aryl methyl sites for hydroxylation is 3. The number of thiophene rings is 1. The summed E-state index contributed by atoms with van der Waals surface area (Å²) in [6.45, 7) is 7.87. The van der Waals surface area contributed by atoms with Crippen LogP contribution in [0.25, 0.3) is 10.7 Å². The third-order valence-electron chi connectivity index (χ3n) is 3.98. The second-order valence-corrected chi connectivity index (χ2v) is 8.43. The summed E-state index contributed by atoms with van der Waals surface area (Å²) in [6, 6.07) is 7.99. The van der Waals surface area contributed by atoms with Gasteiger partial charge in [0, 0.05) is 5.69 Å². The largest absolute Gasteiger partial charge is 0.335 e. The highest BCUT2D eigenvalue weighted by atomic mass is 32.2. The molecule has 3 rings (SSSR count). The van der Waals surface area contributed by atoms with E-state index in [0.717, 1.165) is 21.7 Å². The predicted molar refractivity (Wildman–Crippen MR) is 108 cm³/mol. The molecule has 2 heterocycles. The molecule has 0 unspecified atom stereocenters. The number of aromatic nitrogens is 3. The number of hydrogen-bond acceptors (Lipinski definition) is 6. The van der Waals surface area contributed by atoms with Crippen LogP contribution in [0.3, 0.4) is 0 Å². The number of rotatable bonds is 5. The maximum Gasteiger partial charge on any atom is 0.237 e. The van der Waals surface area contributed by atoms with Crippen molar-refractivity contribution in [1.29, 1.82) is 0 Å². The smallest absolute Gasteiger partial charge is 0.237 e. The normalized spacial score (nSPS) is 12.2. The molecule has 8 heteroatoms. The zero-order valence-electron chi connectivity index (χ0n) is 15.1. The number of thioether (sulfide) groups is 1. The quantitative estimate of drug-likeness (QED) is 0.514. The summed E-state index contributed by atoms with van der Waals surface area (Å²) in [5, 5.41) is 13.4. The summed E-state index contributed by atoms with van der Waals surface area (Å²) in [7, 11) is 0. The highest BCUT2D eigenvalue weighted by molar-refractivity contribution is 8.00. The Hall–Kier alpha value is -2.32. The van der Waals surface area contributed by atoms with Crippen molar-refractivity contribution in [2.45, 2.75) is 38.1 Å². The maximum atomic E-state index is 12.6. The summed E-state index contributed by atoms with van der Waals surface area (Å²) in [5.74, 6) is 6.61. The van der Waals surface area contributed by atoms with Crippen molar-refractivity contribution in [3.8, 4) is 10.7 Å². The topological polar surface area (TPSA) is 85.8 Å². The van der Waals surface area contributed by atoms with Crippen LogP contribution in [0.5, 0.6) is 0 Å². The Balaban J connectivity index is 1.73. The van der Waals surface area contributed by atoms with Gasteiger partial charge in [0.15, 0.2) is 5.82 Å². The number of nitrogens with two attached hydrogens (primary N) is 1. The Morgan fingerprint density at radius 2 is 1.96 bits per heavy atom. The number of nitrogens with zero attached hydrogens (tertiary/aromatic N) is 3.